The van der Waals surface area contributed by atoms with E-state index >= 15 is 0 Å². The molecule has 0 aromatic heterocycles. The summed E-state index contributed by atoms with van der Waals surface area (Å²) in [5.41, 5.74) is 2.87. The summed E-state index contributed by atoms with van der Waals surface area (Å²) in [6.45, 7) is 2.03. The molecule has 5 heteroatoms. The lowest BCUT2D eigenvalue weighted by Gasteiger charge is -2.10. The molecule has 0 atom stereocenters. The van der Waals surface area contributed by atoms with E-state index in [1.54, 1.807) is 36.4 Å². The smallest absolute Gasteiger partial charge is 0.194 e. The first-order valence-electron chi connectivity index (χ1n) is 10.5. The maximum atomic E-state index is 14.8. The molecule has 0 aliphatic carbocycles. The fourth-order valence-corrected chi connectivity index (χ4v) is 3.92. The highest BCUT2D eigenvalue weighted by atomic mass is 19.2. The van der Waals surface area contributed by atoms with E-state index in [9.17, 15) is 22.0 Å². The third-order valence-corrected chi connectivity index (χ3v) is 5.63. The van der Waals surface area contributed by atoms with Gasteiger partial charge in [0.1, 0.15) is 0 Å². The van der Waals surface area contributed by atoms with Crippen molar-refractivity contribution in [2.24, 2.45) is 0 Å². The van der Waals surface area contributed by atoms with Gasteiger partial charge in [0.05, 0.1) is 0 Å². The van der Waals surface area contributed by atoms with Gasteiger partial charge in [0.25, 0.3) is 0 Å². The van der Waals surface area contributed by atoms with E-state index in [1.807, 2.05) is 19.1 Å². The topological polar surface area (TPSA) is 0 Å². The van der Waals surface area contributed by atoms with Gasteiger partial charge in [-0.3, -0.25) is 0 Å². The van der Waals surface area contributed by atoms with Gasteiger partial charge in [-0.2, -0.15) is 0 Å². The van der Waals surface area contributed by atoms with Crippen molar-refractivity contribution in [1.29, 1.82) is 0 Å². The lowest BCUT2D eigenvalue weighted by molar-refractivity contribution is 0.445. The van der Waals surface area contributed by atoms with E-state index < -0.39 is 29.1 Å². The van der Waals surface area contributed by atoms with Crippen LogP contribution in [0.5, 0.6) is 0 Å². The Kier molecular flexibility index (Phi) is 6.26. The maximum Gasteiger partial charge on any atom is 0.194 e. The van der Waals surface area contributed by atoms with E-state index in [-0.39, 0.29) is 10.9 Å². The lowest BCUT2D eigenvalue weighted by atomic mass is 9.96. The minimum absolute atomic E-state index is 0.174. The van der Waals surface area contributed by atoms with Crippen molar-refractivity contribution in [1.82, 2.24) is 0 Å². The molecule has 0 fully saturated rings. The second-order valence-electron chi connectivity index (χ2n) is 7.93. The van der Waals surface area contributed by atoms with Gasteiger partial charge < -0.3 is 0 Å². The molecule has 0 bridgehead atoms. The quantitative estimate of drug-likeness (QED) is 0.211. The number of rotatable bonds is 6. The van der Waals surface area contributed by atoms with Gasteiger partial charge in [-0.15, -0.1) is 0 Å². The molecule has 0 saturated carbocycles. The molecule has 0 radical (unpaired) electrons. The molecule has 0 aliphatic rings. The van der Waals surface area contributed by atoms with Crippen LogP contribution in [0.2, 0.25) is 0 Å². The molecule has 0 amide bonds. The molecule has 0 spiro atoms. The number of benzene rings is 4. The minimum atomic E-state index is -1.48. The predicted octanol–water partition coefficient (Wildman–Crippen LogP) is 7.94. The summed E-state index contributed by atoms with van der Waals surface area (Å²) in [4.78, 5) is 0. The summed E-state index contributed by atoms with van der Waals surface area (Å²) in [5.74, 6) is -5.67. The van der Waals surface area contributed by atoms with E-state index in [1.165, 1.54) is 0 Å². The van der Waals surface area contributed by atoms with Crippen LogP contribution < -0.4 is 0 Å². The Morgan fingerprint density at radius 2 is 1.19 bits per heavy atom. The van der Waals surface area contributed by atoms with Gasteiger partial charge in [-0.25, -0.2) is 22.0 Å². The van der Waals surface area contributed by atoms with Crippen LogP contribution in [-0.4, -0.2) is 0 Å². The fraction of sp³-hybridized carbons (Fsp3) is 0.185. The van der Waals surface area contributed by atoms with Gasteiger partial charge in [-0.05, 0) is 71.2 Å². The van der Waals surface area contributed by atoms with Crippen LogP contribution in [0, 0.1) is 29.1 Å². The average Bonchev–Trinajstić information content (AvgIpc) is 2.79. The maximum absolute atomic E-state index is 14.8. The average molecular weight is 440 g/mol. The van der Waals surface area contributed by atoms with E-state index in [2.05, 4.69) is 0 Å². The largest absolute Gasteiger partial charge is 0.204 e. The lowest BCUT2D eigenvalue weighted by Crippen LogP contribution is -1.97. The zero-order valence-electron chi connectivity index (χ0n) is 17.5. The number of hydrogen-bond donors (Lipinski definition) is 0. The summed E-state index contributed by atoms with van der Waals surface area (Å²) < 4.78 is 69.4. The Hall–Kier alpha value is -3.21. The van der Waals surface area contributed by atoms with Crippen molar-refractivity contribution in [3.63, 3.8) is 0 Å². The van der Waals surface area contributed by atoms with Gasteiger partial charge in [0.2, 0.25) is 0 Å². The minimum Gasteiger partial charge on any atom is -0.204 e. The Morgan fingerprint density at radius 3 is 1.84 bits per heavy atom. The standard InChI is InChI=1S/C27H21F5/c1-2-3-17-8-11-20-15-22(26(31)25(30)21(20)12-17)19-9-6-16(7-10-19)4-5-18-13-23(28)27(32)24(29)14-18/h6-15H,2-5H2,1H3. The van der Waals surface area contributed by atoms with Gasteiger partial charge in [0, 0.05) is 10.9 Å². The van der Waals surface area contributed by atoms with Crippen molar-refractivity contribution in [2.45, 2.75) is 32.6 Å². The highest BCUT2D eigenvalue weighted by Crippen LogP contribution is 2.32. The summed E-state index contributed by atoms with van der Waals surface area (Å²) in [6, 6.07) is 15.9. The first-order valence-corrected chi connectivity index (χ1v) is 10.5. The Labute approximate surface area is 183 Å². The zero-order chi connectivity index (χ0) is 22.8. The number of aryl methyl sites for hydroxylation is 3. The highest BCUT2D eigenvalue weighted by Gasteiger charge is 2.16. The number of hydrogen-bond acceptors (Lipinski definition) is 0. The van der Waals surface area contributed by atoms with Gasteiger partial charge >= 0.3 is 0 Å². The first kappa shape index (κ1) is 22.0. The summed E-state index contributed by atoms with van der Waals surface area (Å²) >= 11 is 0. The predicted molar refractivity (Wildman–Crippen MR) is 117 cm³/mol. The molecule has 4 aromatic carbocycles. The molecule has 4 rings (SSSR count). The van der Waals surface area contributed by atoms with Gasteiger partial charge in [0.15, 0.2) is 29.1 Å². The van der Waals surface area contributed by atoms with E-state index in [0.717, 1.165) is 36.1 Å². The van der Waals surface area contributed by atoms with Crippen LogP contribution in [0.3, 0.4) is 0 Å². The van der Waals surface area contributed by atoms with Crippen LogP contribution in [0.1, 0.15) is 30.0 Å². The molecule has 164 valence electrons. The first-order chi connectivity index (χ1) is 15.4. The van der Waals surface area contributed by atoms with Crippen molar-refractivity contribution < 1.29 is 22.0 Å². The fourth-order valence-electron chi connectivity index (χ4n) is 3.92. The monoisotopic (exact) mass is 440 g/mol. The van der Waals surface area contributed by atoms with Gasteiger partial charge in [-0.1, -0.05) is 49.7 Å². The molecule has 0 N–H and O–H groups in total. The van der Waals surface area contributed by atoms with Crippen molar-refractivity contribution >= 4 is 10.8 Å². The normalized spacial score (nSPS) is 11.3. The third-order valence-electron chi connectivity index (χ3n) is 5.63. The van der Waals surface area contributed by atoms with Crippen LogP contribution in [0.15, 0.2) is 60.7 Å². The Bertz CT molecular complexity index is 1250. The van der Waals surface area contributed by atoms with E-state index in [0.29, 0.717) is 29.4 Å². The number of fused-ring (bicyclic) bond motifs is 1. The number of halogens is 5. The van der Waals surface area contributed by atoms with Crippen LogP contribution in [0.4, 0.5) is 22.0 Å². The molecule has 32 heavy (non-hydrogen) atoms. The summed E-state index contributed by atoms with van der Waals surface area (Å²) in [7, 11) is 0. The molecule has 0 aliphatic heterocycles. The van der Waals surface area contributed by atoms with Crippen LogP contribution >= 0.6 is 0 Å². The Balaban J connectivity index is 1.57. The molecule has 0 nitrogen and oxygen atoms in total. The van der Waals surface area contributed by atoms with Crippen molar-refractivity contribution in [2.75, 3.05) is 0 Å². The molecular weight excluding hydrogens is 419 g/mol. The van der Waals surface area contributed by atoms with Crippen LogP contribution in [-0.2, 0) is 19.3 Å². The molecule has 0 saturated heterocycles. The zero-order valence-corrected chi connectivity index (χ0v) is 17.5. The third kappa shape index (κ3) is 4.38. The van der Waals surface area contributed by atoms with Crippen LogP contribution in [0.25, 0.3) is 21.9 Å². The van der Waals surface area contributed by atoms with E-state index in [4.69, 9.17) is 0 Å². The SMILES string of the molecule is CCCc1ccc2cc(-c3ccc(CCc4cc(F)c(F)c(F)c4)cc3)c(F)c(F)c2c1. The van der Waals surface area contributed by atoms with Crippen molar-refractivity contribution in [3.8, 4) is 11.1 Å². The second-order valence-corrected chi connectivity index (χ2v) is 7.93. The molecule has 0 unspecified atom stereocenters. The Morgan fingerprint density at radius 1 is 0.562 bits per heavy atom. The molecule has 0 heterocycles. The summed E-state index contributed by atoms with van der Waals surface area (Å²) in [6.07, 6.45) is 2.49. The summed E-state index contributed by atoms with van der Waals surface area (Å²) in [5, 5.41) is 0.899. The van der Waals surface area contributed by atoms with Crippen molar-refractivity contribution in [3.05, 3.63) is 106 Å². The molecular formula is C27H21F5. The second kappa shape index (κ2) is 9.11. The molecule has 4 aromatic rings. The highest BCUT2D eigenvalue weighted by molar-refractivity contribution is 5.89.